The third-order valence-corrected chi connectivity index (χ3v) is 5.17. The van der Waals surface area contributed by atoms with Gasteiger partial charge < -0.3 is 9.84 Å². The van der Waals surface area contributed by atoms with E-state index < -0.39 is 5.60 Å². The van der Waals surface area contributed by atoms with Crippen LogP contribution in [0, 0.1) is 5.92 Å². The van der Waals surface area contributed by atoms with Crippen LogP contribution in [-0.4, -0.2) is 17.7 Å². The third-order valence-electron chi connectivity index (χ3n) is 5.17. The number of hydrogen-bond acceptors (Lipinski definition) is 3. The van der Waals surface area contributed by atoms with Crippen molar-refractivity contribution in [3.8, 4) is 0 Å². The summed E-state index contributed by atoms with van der Waals surface area (Å²) < 4.78 is 5.38. The largest absolute Gasteiger partial charge is 0.465 e. The Morgan fingerprint density at radius 3 is 2.38 bits per heavy atom. The highest BCUT2D eigenvalue weighted by Gasteiger charge is 2.37. The predicted octanol–water partition coefficient (Wildman–Crippen LogP) is 4.75. The van der Waals surface area contributed by atoms with E-state index >= 15 is 0 Å². The Hall–Kier alpha value is -1.35. The summed E-state index contributed by atoms with van der Waals surface area (Å²) >= 11 is 0. The summed E-state index contributed by atoms with van der Waals surface area (Å²) in [4.78, 5) is 12.1. The van der Waals surface area contributed by atoms with Gasteiger partial charge in [-0.1, -0.05) is 57.4 Å². The molecule has 0 radical (unpaired) electrons. The number of benzene rings is 1. The molecule has 1 aromatic rings. The van der Waals surface area contributed by atoms with Gasteiger partial charge in [0.2, 0.25) is 0 Å². The average molecular weight is 332 g/mol. The number of carbonyl (C=O) groups excluding carboxylic acids is 1. The number of aryl methyl sites for hydroxylation is 1. The number of esters is 1. The summed E-state index contributed by atoms with van der Waals surface area (Å²) in [7, 11) is 0. The normalized spacial score (nSPS) is 23.9. The quantitative estimate of drug-likeness (QED) is 0.552. The van der Waals surface area contributed by atoms with Crippen molar-refractivity contribution in [2.75, 3.05) is 6.61 Å². The van der Waals surface area contributed by atoms with E-state index in [1.165, 1.54) is 5.56 Å². The maximum atomic E-state index is 12.1. The molecule has 0 heterocycles. The zero-order chi connectivity index (χ0) is 17.4. The van der Waals surface area contributed by atoms with Crippen molar-refractivity contribution in [1.82, 2.24) is 0 Å². The fraction of sp³-hybridized carbons (Fsp3) is 0.667. The predicted molar refractivity (Wildman–Crippen MR) is 96.8 cm³/mol. The van der Waals surface area contributed by atoms with Crippen LogP contribution in [0.15, 0.2) is 24.3 Å². The molecule has 0 aliphatic heterocycles. The van der Waals surface area contributed by atoms with E-state index in [0.717, 1.165) is 37.7 Å². The molecule has 1 N–H and O–H groups in total. The molecule has 0 bridgehead atoms. The van der Waals surface area contributed by atoms with E-state index in [2.05, 4.69) is 26.0 Å². The van der Waals surface area contributed by atoms with Gasteiger partial charge in [-0.25, -0.2) is 0 Å². The number of rotatable bonds is 8. The van der Waals surface area contributed by atoms with Gasteiger partial charge in [-0.15, -0.1) is 0 Å². The minimum atomic E-state index is -0.788. The van der Waals surface area contributed by atoms with Crippen LogP contribution < -0.4 is 0 Å². The molecule has 3 nitrogen and oxygen atoms in total. The van der Waals surface area contributed by atoms with Crippen molar-refractivity contribution in [2.24, 2.45) is 5.92 Å². The monoisotopic (exact) mass is 332 g/mol. The summed E-state index contributed by atoms with van der Waals surface area (Å²) in [6, 6.07) is 8.33. The second kappa shape index (κ2) is 9.22. The molecule has 24 heavy (non-hydrogen) atoms. The highest BCUT2D eigenvalue weighted by Crippen LogP contribution is 2.40. The molecule has 1 aliphatic rings. The van der Waals surface area contributed by atoms with Crippen molar-refractivity contribution >= 4 is 5.97 Å². The van der Waals surface area contributed by atoms with E-state index in [4.69, 9.17) is 4.74 Å². The molecule has 134 valence electrons. The average Bonchev–Trinajstić information content (AvgIpc) is 2.60. The molecule has 0 saturated heterocycles. The molecule has 0 unspecified atom stereocenters. The van der Waals surface area contributed by atoms with Gasteiger partial charge in [-0.2, -0.15) is 0 Å². The second-order valence-corrected chi connectivity index (χ2v) is 7.13. The molecule has 1 aromatic carbocycles. The first kappa shape index (κ1) is 19.0. The molecule has 3 heteroatoms. The Morgan fingerprint density at radius 1 is 1.12 bits per heavy atom. The van der Waals surface area contributed by atoms with E-state index in [0.29, 0.717) is 32.3 Å². The van der Waals surface area contributed by atoms with Crippen LogP contribution >= 0.6 is 0 Å². The van der Waals surface area contributed by atoms with Gasteiger partial charge in [0, 0.05) is 0 Å². The van der Waals surface area contributed by atoms with Crippen molar-refractivity contribution in [1.29, 1.82) is 0 Å². The van der Waals surface area contributed by atoms with Crippen LogP contribution in [-0.2, 0) is 21.6 Å². The number of carbonyl (C=O) groups is 1. The lowest BCUT2D eigenvalue weighted by atomic mass is 9.75. The number of hydrogen-bond donors (Lipinski definition) is 1. The van der Waals surface area contributed by atoms with Gasteiger partial charge >= 0.3 is 5.97 Å². The summed E-state index contributed by atoms with van der Waals surface area (Å²) in [5, 5.41) is 11.0. The van der Waals surface area contributed by atoms with Gasteiger partial charge in [0.15, 0.2) is 0 Å². The maximum Gasteiger partial charge on any atom is 0.308 e. The van der Waals surface area contributed by atoms with Gasteiger partial charge in [-0.3, -0.25) is 4.79 Å². The highest BCUT2D eigenvalue weighted by atomic mass is 16.5. The Bertz CT molecular complexity index is 498. The van der Waals surface area contributed by atoms with E-state index in [-0.39, 0.29) is 11.9 Å². The number of ether oxygens (including phenoxy) is 1. The van der Waals surface area contributed by atoms with Crippen molar-refractivity contribution < 1.29 is 14.6 Å². The first-order valence-electron chi connectivity index (χ1n) is 9.57. The highest BCUT2D eigenvalue weighted by molar-refractivity contribution is 5.72. The van der Waals surface area contributed by atoms with Crippen LogP contribution in [0.2, 0.25) is 0 Å². The van der Waals surface area contributed by atoms with Crippen molar-refractivity contribution in [2.45, 2.75) is 77.2 Å². The first-order valence-corrected chi connectivity index (χ1v) is 9.57. The van der Waals surface area contributed by atoms with Crippen LogP contribution in [0.1, 0.15) is 76.3 Å². The third kappa shape index (κ3) is 5.07. The Morgan fingerprint density at radius 2 is 1.79 bits per heavy atom. The van der Waals surface area contributed by atoms with E-state index in [1.807, 2.05) is 12.1 Å². The zero-order valence-corrected chi connectivity index (χ0v) is 15.2. The first-order chi connectivity index (χ1) is 11.6. The van der Waals surface area contributed by atoms with Gasteiger partial charge in [0.05, 0.1) is 18.1 Å². The second-order valence-electron chi connectivity index (χ2n) is 7.13. The SMILES string of the molecule is CCCCCOC(=O)C1CCC(O)(c2ccc(CCC)cc2)CC1. The minimum absolute atomic E-state index is 0.0498. The molecule has 0 amide bonds. The lowest BCUT2D eigenvalue weighted by Gasteiger charge is -2.35. The fourth-order valence-electron chi connectivity index (χ4n) is 3.53. The van der Waals surface area contributed by atoms with Crippen LogP contribution in [0.4, 0.5) is 0 Å². The van der Waals surface area contributed by atoms with Crippen LogP contribution in [0.5, 0.6) is 0 Å². The van der Waals surface area contributed by atoms with E-state index in [9.17, 15) is 9.90 Å². The van der Waals surface area contributed by atoms with E-state index in [1.54, 1.807) is 0 Å². The lowest BCUT2D eigenvalue weighted by molar-refractivity contribution is -0.152. The number of aliphatic hydroxyl groups is 1. The standard InChI is InChI=1S/C21H32O3/c1-3-5-6-16-24-20(22)18-12-14-21(23,15-13-18)19-10-8-17(7-4-2)9-11-19/h8-11,18,23H,3-7,12-16H2,1-2H3. The number of unbranched alkanes of at least 4 members (excludes halogenated alkanes) is 2. The molecule has 1 aliphatic carbocycles. The van der Waals surface area contributed by atoms with Gasteiger partial charge in [0.1, 0.15) is 0 Å². The van der Waals surface area contributed by atoms with Crippen molar-refractivity contribution in [3.63, 3.8) is 0 Å². The molecule has 0 spiro atoms. The molecular weight excluding hydrogens is 300 g/mol. The summed E-state index contributed by atoms with van der Waals surface area (Å²) in [6.45, 7) is 4.84. The summed E-state index contributed by atoms with van der Waals surface area (Å²) in [5.74, 6) is -0.127. The molecule has 0 atom stereocenters. The Labute approximate surface area is 146 Å². The summed E-state index contributed by atoms with van der Waals surface area (Å²) in [6.07, 6.45) is 8.07. The van der Waals surface area contributed by atoms with Crippen LogP contribution in [0.3, 0.4) is 0 Å². The Balaban J connectivity index is 1.85. The summed E-state index contributed by atoms with van der Waals surface area (Å²) in [5.41, 5.74) is 1.51. The zero-order valence-electron chi connectivity index (χ0n) is 15.2. The smallest absolute Gasteiger partial charge is 0.308 e. The van der Waals surface area contributed by atoms with Crippen molar-refractivity contribution in [3.05, 3.63) is 35.4 Å². The Kier molecular flexibility index (Phi) is 7.29. The maximum absolute atomic E-state index is 12.1. The molecular formula is C21H32O3. The molecule has 1 fully saturated rings. The van der Waals surface area contributed by atoms with Gasteiger partial charge in [-0.05, 0) is 49.7 Å². The molecule has 1 saturated carbocycles. The lowest BCUT2D eigenvalue weighted by Crippen LogP contribution is -2.34. The molecule has 2 rings (SSSR count). The topological polar surface area (TPSA) is 46.5 Å². The molecule has 0 aromatic heterocycles. The van der Waals surface area contributed by atoms with Crippen LogP contribution in [0.25, 0.3) is 0 Å². The fourth-order valence-corrected chi connectivity index (χ4v) is 3.53. The van der Waals surface area contributed by atoms with Gasteiger partial charge in [0.25, 0.3) is 0 Å². The minimum Gasteiger partial charge on any atom is -0.465 e.